The summed E-state index contributed by atoms with van der Waals surface area (Å²) in [5.74, 6) is 0.980. The van der Waals surface area contributed by atoms with Gasteiger partial charge in [-0.05, 0) is 28.8 Å². The van der Waals surface area contributed by atoms with Crippen molar-refractivity contribution in [2.45, 2.75) is 31.8 Å². The fourth-order valence-electron chi connectivity index (χ4n) is 3.41. The van der Waals surface area contributed by atoms with Crippen molar-refractivity contribution in [1.29, 1.82) is 0 Å². The summed E-state index contributed by atoms with van der Waals surface area (Å²) < 4.78 is 16.0. The first-order valence-electron chi connectivity index (χ1n) is 8.85. The van der Waals surface area contributed by atoms with Crippen LogP contribution in [0.5, 0.6) is 5.88 Å². The van der Waals surface area contributed by atoms with E-state index in [0.29, 0.717) is 35.8 Å². The van der Waals surface area contributed by atoms with Crippen molar-refractivity contribution in [2.24, 2.45) is 0 Å². The van der Waals surface area contributed by atoms with E-state index in [-0.39, 0.29) is 6.04 Å². The summed E-state index contributed by atoms with van der Waals surface area (Å²) in [7, 11) is 0. The first-order chi connectivity index (χ1) is 13.2. The molecule has 0 spiro atoms. The van der Waals surface area contributed by atoms with Gasteiger partial charge in [0, 0.05) is 32.4 Å². The number of fused-ring (bicyclic) bond motifs is 2. The number of halogens is 2. The molecule has 142 valence electrons. The highest BCUT2D eigenvalue weighted by molar-refractivity contribution is 9.10. The average Bonchev–Trinajstić information content (AvgIpc) is 3.16. The quantitative estimate of drug-likeness (QED) is 0.603. The van der Waals surface area contributed by atoms with Crippen molar-refractivity contribution in [2.75, 3.05) is 25.1 Å². The highest BCUT2D eigenvalue weighted by Crippen LogP contribution is 2.38. The third-order valence-electron chi connectivity index (χ3n) is 4.79. The largest absolute Gasteiger partial charge is 0.475 e. The first kappa shape index (κ1) is 17.2. The molecule has 2 aliphatic heterocycles. The van der Waals surface area contributed by atoms with Gasteiger partial charge in [-0.25, -0.2) is 14.3 Å². The predicted molar refractivity (Wildman–Crippen MR) is 103 cm³/mol. The summed E-state index contributed by atoms with van der Waals surface area (Å²) in [6, 6.07) is 0.266. The Bertz CT molecular complexity index is 998. The van der Waals surface area contributed by atoms with Crippen LogP contribution in [0, 0.1) is 0 Å². The Kier molecular flexibility index (Phi) is 4.41. The molecule has 5 rings (SSSR count). The SMILES string of the molecule is Clc1nn2c3nc(ncc13)Nc1c(nn(C3CCOCC3)c1Br)OCCC2. The van der Waals surface area contributed by atoms with Gasteiger partial charge in [0.2, 0.25) is 5.95 Å². The standard InChI is InChI=1S/C16H17BrClN7O2/c17-12-11-15(23-25(12)9-2-6-26-7-3-9)27-5-1-4-24-14-10(13(18)22-24)8-19-16(20-11)21-14/h8-9H,1-7H2,(H,19,20,21). The van der Waals surface area contributed by atoms with E-state index in [2.05, 4.69) is 36.3 Å². The third-order valence-corrected chi connectivity index (χ3v) is 5.83. The molecule has 9 nitrogen and oxygen atoms in total. The Labute approximate surface area is 168 Å². The molecule has 0 atom stereocenters. The van der Waals surface area contributed by atoms with E-state index >= 15 is 0 Å². The zero-order valence-corrected chi connectivity index (χ0v) is 16.7. The molecule has 11 heteroatoms. The molecule has 5 heterocycles. The lowest BCUT2D eigenvalue weighted by atomic mass is 10.1. The maximum Gasteiger partial charge on any atom is 0.258 e. The zero-order chi connectivity index (χ0) is 18.4. The molecule has 3 aromatic heterocycles. The van der Waals surface area contributed by atoms with Gasteiger partial charge >= 0.3 is 0 Å². The molecule has 27 heavy (non-hydrogen) atoms. The van der Waals surface area contributed by atoms with Gasteiger partial charge in [-0.15, -0.1) is 5.10 Å². The fourth-order valence-corrected chi connectivity index (χ4v) is 4.27. The Morgan fingerprint density at radius 2 is 2.07 bits per heavy atom. The second-order valence-electron chi connectivity index (χ2n) is 6.53. The van der Waals surface area contributed by atoms with E-state index in [0.717, 1.165) is 48.2 Å². The predicted octanol–water partition coefficient (Wildman–Crippen LogP) is 3.32. The zero-order valence-electron chi connectivity index (χ0n) is 14.4. The van der Waals surface area contributed by atoms with Crippen LogP contribution in [0.15, 0.2) is 10.8 Å². The molecule has 1 N–H and O–H groups in total. The van der Waals surface area contributed by atoms with E-state index in [4.69, 9.17) is 26.2 Å². The summed E-state index contributed by atoms with van der Waals surface area (Å²) in [5, 5.41) is 13.4. The molecule has 0 aliphatic carbocycles. The number of nitrogens with zero attached hydrogens (tertiary/aromatic N) is 6. The van der Waals surface area contributed by atoms with Crippen molar-refractivity contribution < 1.29 is 9.47 Å². The van der Waals surface area contributed by atoms with Crippen LogP contribution < -0.4 is 10.1 Å². The number of hydrogen-bond donors (Lipinski definition) is 1. The molecule has 0 radical (unpaired) electrons. The number of aryl methyl sites for hydroxylation is 1. The van der Waals surface area contributed by atoms with Crippen molar-refractivity contribution in [3.05, 3.63) is 16.0 Å². The lowest BCUT2D eigenvalue weighted by molar-refractivity contribution is 0.0651. The summed E-state index contributed by atoms with van der Waals surface area (Å²) in [4.78, 5) is 8.98. The average molecular weight is 455 g/mol. The Balaban J connectivity index is 1.57. The van der Waals surface area contributed by atoms with Crippen molar-refractivity contribution >= 4 is 50.2 Å². The van der Waals surface area contributed by atoms with Crippen LogP contribution in [0.4, 0.5) is 11.6 Å². The summed E-state index contributed by atoms with van der Waals surface area (Å²) in [6.07, 6.45) is 4.28. The van der Waals surface area contributed by atoms with Crippen LogP contribution in [0.3, 0.4) is 0 Å². The van der Waals surface area contributed by atoms with Gasteiger partial charge in [0.25, 0.3) is 5.88 Å². The number of aromatic nitrogens is 6. The smallest absolute Gasteiger partial charge is 0.258 e. The van der Waals surface area contributed by atoms with Gasteiger partial charge in [-0.2, -0.15) is 10.1 Å². The maximum absolute atomic E-state index is 6.20. The molecule has 1 saturated heterocycles. The number of hydrogen-bond acceptors (Lipinski definition) is 7. The molecular weight excluding hydrogens is 438 g/mol. The molecule has 2 bridgehead atoms. The summed E-state index contributed by atoms with van der Waals surface area (Å²) in [5.41, 5.74) is 1.42. The highest BCUT2D eigenvalue weighted by Gasteiger charge is 2.26. The van der Waals surface area contributed by atoms with Crippen molar-refractivity contribution in [3.8, 4) is 5.88 Å². The van der Waals surface area contributed by atoms with Crippen molar-refractivity contribution in [3.63, 3.8) is 0 Å². The molecule has 0 saturated carbocycles. The molecule has 1 fully saturated rings. The minimum Gasteiger partial charge on any atom is -0.475 e. The van der Waals surface area contributed by atoms with Crippen LogP contribution >= 0.6 is 27.5 Å². The van der Waals surface area contributed by atoms with E-state index in [1.165, 1.54) is 0 Å². The molecule has 0 unspecified atom stereocenters. The van der Waals surface area contributed by atoms with Gasteiger partial charge in [-0.1, -0.05) is 11.6 Å². The molecule has 2 aliphatic rings. The lowest BCUT2D eigenvalue weighted by Gasteiger charge is -2.22. The van der Waals surface area contributed by atoms with Gasteiger partial charge in [0.1, 0.15) is 10.3 Å². The summed E-state index contributed by atoms with van der Waals surface area (Å²) >= 11 is 9.88. The van der Waals surface area contributed by atoms with Crippen LogP contribution in [0.2, 0.25) is 5.15 Å². The Morgan fingerprint density at radius 1 is 1.22 bits per heavy atom. The van der Waals surface area contributed by atoms with E-state index in [9.17, 15) is 0 Å². The van der Waals surface area contributed by atoms with Crippen LogP contribution in [-0.2, 0) is 11.3 Å². The number of nitrogens with one attached hydrogen (secondary N) is 1. The highest BCUT2D eigenvalue weighted by atomic mass is 79.9. The van der Waals surface area contributed by atoms with Crippen LogP contribution in [-0.4, -0.2) is 49.3 Å². The fraction of sp³-hybridized carbons (Fsp3) is 0.500. The number of rotatable bonds is 1. The lowest BCUT2D eigenvalue weighted by Crippen LogP contribution is -2.20. The van der Waals surface area contributed by atoms with Crippen LogP contribution in [0.1, 0.15) is 25.3 Å². The minimum absolute atomic E-state index is 0.266. The number of anilines is 2. The summed E-state index contributed by atoms with van der Waals surface area (Å²) in [6.45, 7) is 2.63. The van der Waals surface area contributed by atoms with Crippen LogP contribution in [0.25, 0.3) is 11.0 Å². The second-order valence-corrected chi connectivity index (χ2v) is 7.64. The number of ether oxygens (including phenoxy) is 2. The van der Waals surface area contributed by atoms with Gasteiger partial charge in [0.05, 0.1) is 18.0 Å². The van der Waals surface area contributed by atoms with Gasteiger partial charge < -0.3 is 14.8 Å². The molecule has 3 aromatic rings. The third kappa shape index (κ3) is 3.05. The normalized spacial score (nSPS) is 18.0. The van der Waals surface area contributed by atoms with Gasteiger partial charge in [-0.3, -0.25) is 0 Å². The Hall–Kier alpha value is -1.91. The minimum atomic E-state index is 0.266. The monoisotopic (exact) mass is 453 g/mol. The molecule has 0 aromatic carbocycles. The van der Waals surface area contributed by atoms with Crippen molar-refractivity contribution in [1.82, 2.24) is 29.5 Å². The maximum atomic E-state index is 6.20. The van der Waals surface area contributed by atoms with E-state index in [1.54, 1.807) is 10.9 Å². The molecule has 0 amide bonds. The topological polar surface area (TPSA) is 91.9 Å². The molecular formula is C16H17BrClN7O2. The van der Waals surface area contributed by atoms with Gasteiger partial charge in [0.15, 0.2) is 10.8 Å². The van der Waals surface area contributed by atoms with E-state index < -0.39 is 0 Å². The Morgan fingerprint density at radius 3 is 2.93 bits per heavy atom. The second kappa shape index (κ2) is 6.92. The van der Waals surface area contributed by atoms with E-state index in [1.807, 2.05) is 4.68 Å². The first-order valence-corrected chi connectivity index (χ1v) is 10.0.